The lowest BCUT2D eigenvalue weighted by molar-refractivity contribution is 0.214. The Hall–Kier alpha value is -2.59. The van der Waals surface area contributed by atoms with Gasteiger partial charge in [0.05, 0.1) is 0 Å². The van der Waals surface area contributed by atoms with E-state index < -0.39 is 0 Å². The van der Waals surface area contributed by atoms with Crippen molar-refractivity contribution in [2.24, 2.45) is 0 Å². The van der Waals surface area contributed by atoms with E-state index in [0.717, 1.165) is 50.0 Å². The standard InChI is InChI=1S/C24H24F2N2/c25-23-5-1-19(2-6-23)21-10-13-28(14-11-21)12-9-18-15-22(17-27-16-18)20-3-7-24(26)8-4-20/h1-8,15-17,21H,9-14H2. The third kappa shape index (κ3) is 4.63. The van der Waals surface area contributed by atoms with Gasteiger partial charge in [0.2, 0.25) is 0 Å². The second kappa shape index (κ2) is 8.61. The van der Waals surface area contributed by atoms with Gasteiger partial charge in [0.1, 0.15) is 11.6 Å². The molecule has 4 heteroatoms. The van der Waals surface area contributed by atoms with Crippen LogP contribution < -0.4 is 0 Å². The minimum absolute atomic E-state index is 0.169. The van der Waals surface area contributed by atoms with Gasteiger partial charge in [0.25, 0.3) is 0 Å². The molecule has 2 heterocycles. The van der Waals surface area contributed by atoms with Gasteiger partial charge in [-0.15, -0.1) is 0 Å². The van der Waals surface area contributed by atoms with Gasteiger partial charge in [-0.05, 0) is 85.3 Å². The molecule has 1 aromatic heterocycles. The molecule has 1 fully saturated rings. The molecule has 0 N–H and O–H groups in total. The molecule has 2 nitrogen and oxygen atoms in total. The minimum atomic E-state index is -0.225. The lowest BCUT2D eigenvalue weighted by atomic mass is 9.89. The summed E-state index contributed by atoms with van der Waals surface area (Å²) in [6.45, 7) is 3.13. The Labute approximate surface area is 164 Å². The van der Waals surface area contributed by atoms with Crippen LogP contribution in [0.1, 0.15) is 29.9 Å². The van der Waals surface area contributed by atoms with Gasteiger partial charge >= 0.3 is 0 Å². The van der Waals surface area contributed by atoms with Crippen molar-refractivity contribution in [3.05, 3.63) is 89.8 Å². The van der Waals surface area contributed by atoms with Gasteiger partial charge < -0.3 is 4.90 Å². The van der Waals surface area contributed by atoms with Crippen LogP contribution in [0.3, 0.4) is 0 Å². The molecular weight excluding hydrogens is 354 g/mol. The van der Waals surface area contributed by atoms with Crippen LogP contribution in [0.5, 0.6) is 0 Å². The molecule has 2 aromatic carbocycles. The zero-order valence-corrected chi connectivity index (χ0v) is 15.8. The highest BCUT2D eigenvalue weighted by Crippen LogP contribution is 2.28. The molecule has 1 aliphatic heterocycles. The zero-order valence-electron chi connectivity index (χ0n) is 15.8. The number of halogens is 2. The average Bonchev–Trinajstić information content (AvgIpc) is 2.74. The molecule has 1 saturated heterocycles. The van der Waals surface area contributed by atoms with E-state index in [4.69, 9.17) is 0 Å². The number of likely N-dealkylation sites (tertiary alicyclic amines) is 1. The Morgan fingerprint density at radius 2 is 1.46 bits per heavy atom. The van der Waals surface area contributed by atoms with Crippen molar-refractivity contribution in [3.63, 3.8) is 0 Å². The van der Waals surface area contributed by atoms with E-state index in [9.17, 15) is 8.78 Å². The molecule has 0 bridgehead atoms. The van der Waals surface area contributed by atoms with Crippen LogP contribution >= 0.6 is 0 Å². The smallest absolute Gasteiger partial charge is 0.123 e. The number of hydrogen-bond acceptors (Lipinski definition) is 2. The number of pyridine rings is 1. The van der Waals surface area contributed by atoms with Crippen LogP contribution in [0.15, 0.2) is 67.0 Å². The molecule has 144 valence electrons. The highest BCUT2D eigenvalue weighted by atomic mass is 19.1. The van der Waals surface area contributed by atoms with E-state index in [1.165, 1.54) is 23.3 Å². The average molecular weight is 378 g/mol. The van der Waals surface area contributed by atoms with Crippen molar-refractivity contribution in [2.75, 3.05) is 19.6 Å². The third-order valence-corrected chi connectivity index (χ3v) is 5.62. The maximum absolute atomic E-state index is 13.1. The monoisotopic (exact) mass is 378 g/mol. The number of hydrogen-bond donors (Lipinski definition) is 0. The molecule has 0 saturated carbocycles. The number of nitrogens with zero attached hydrogens (tertiary/aromatic N) is 2. The molecule has 0 radical (unpaired) electrons. The first-order chi connectivity index (χ1) is 13.7. The quantitative estimate of drug-likeness (QED) is 0.587. The zero-order chi connectivity index (χ0) is 19.3. The van der Waals surface area contributed by atoms with E-state index in [1.54, 1.807) is 24.3 Å². The number of benzene rings is 2. The summed E-state index contributed by atoms with van der Waals surface area (Å²) in [5.74, 6) is 0.134. The van der Waals surface area contributed by atoms with Gasteiger partial charge in [-0.2, -0.15) is 0 Å². The fourth-order valence-electron chi connectivity index (χ4n) is 3.94. The predicted molar refractivity (Wildman–Crippen MR) is 108 cm³/mol. The van der Waals surface area contributed by atoms with Crippen molar-refractivity contribution >= 4 is 0 Å². The summed E-state index contributed by atoms with van der Waals surface area (Å²) in [4.78, 5) is 6.85. The summed E-state index contributed by atoms with van der Waals surface area (Å²) in [6, 6.07) is 15.6. The predicted octanol–water partition coefficient (Wildman–Crippen LogP) is 5.45. The Morgan fingerprint density at radius 1 is 0.821 bits per heavy atom. The van der Waals surface area contributed by atoms with Crippen molar-refractivity contribution in [3.8, 4) is 11.1 Å². The molecule has 0 unspecified atom stereocenters. The fraction of sp³-hybridized carbons (Fsp3) is 0.292. The highest BCUT2D eigenvalue weighted by molar-refractivity contribution is 5.62. The summed E-state index contributed by atoms with van der Waals surface area (Å²) in [5.41, 5.74) is 4.45. The van der Waals surface area contributed by atoms with E-state index in [2.05, 4.69) is 16.0 Å². The van der Waals surface area contributed by atoms with Crippen LogP contribution in [0.4, 0.5) is 8.78 Å². The van der Waals surface area contributed by atoms with Crippen LogP contribution in [0, 0.1) is 11.6 Å². The lowest BCUT2D eigenvalue weighted by Crippen LogP contribution is -2.34. The van der Waals surface area contributed by atoms with Crippen LogP contribution in [-0.2, 0) is 6.42 Å². The van der Waals surface area contributed by atoms with Crippen LogP contribution in [-0.4, -0.2) is 29.5 Å². The van der Waals surface area contributed by atoms with Crippen LogP contribution in [0.2, 0.25) is 0 Å². The van der Waals surface area contributed by atoms with Crippen LogP contribution in [0.25, 0.3) is 11.1 Å². The molecule has 3 aromatic rings. The van der Waals surface area contributed by atoms with Gasteiger partial charge in [-0.25, -0.2) is 8.78 Å². The SMILES string of the molecule is Fc1ccc(-c2cncc(CCN3CCC(c4ccc(F)cc4)CC3)c2)cc1. The maximum Gasteiger partial charge on any atom is 0.123 e. The number of piperidine rings is 1. The van der Waals surface area contributed by atoms with E-state index >= 15 is 0 Å². The van der Waals surface area contributed by atoms with Gasteiger partial charge in [-0.1, -0.05) is 24.3 Å². The summed E-state index contributed by atoms with van der Waals surface area (Å²) >= 11 is 0. The second-order valence-corrected chi connectivity index (χ2v) is 7.51. The van der Waals surface area contributed by atoms with Crippen molar-refractivity contribution < 1.29 is 8.78 Å². The Balaban J connectivity index is 1.31. The molecule has 1 aliphatic rings. The molecule has 28 heavy (non-hydrogen) atoms. The first-order valence-corrected chi connectivity index (χ1v) is 9.85. The van der Waals surface area contributed by atoms with Gasteiger partial charge in [0.15, 0.2) is 0 Å². The number of aromatic nitrogens is 1. The van der Waals surface area contributed by atoms with E-state index in [-0.39, 0.29) is 11.6 Å². The first-order valence-electron chi connectivity index (χ1n) is 9.85. The number of rotatable bonds is 5. The Morgan fingerprint density at radius 3 is 2.14 bits per heavy atom. The van der Waals surface area contributed by atoms with Crippen molar-refractivity contribution in [1.29, 1.82) is 0 Å². The van der Waals surface area contributed by atoms with Gasteiger partial charge in [0, 0.05) is 24.5 Å². The molecule has 0 aliphatic carbocycles. The third-order valence-electron chi connectivity index (χ3n) is 5.62. The molecular formula is C24H24F2N2. The van der Waals surface area contributed by atoms with E-state index in [0.29, 0.717) is 5.92 Å². The molecule has 0 spiro atoms. The summed E-state index contributed by atoms with van der Waals surface area (Å²) in [5, 5.41) is 0. The Bertz CT molecular complexity index is 899. The minimum Gasteiger partial charge on any atom is -0.303 e. The summed E-state index contributed by atoms with van der Waals surface area (Å²) < 4.78 is 26.2. The summed E-state index contributed by atoms with van der Waals surface area (Å²) in [6.07, 6.45) is 6.91. The topological polar surface area (TPSA) is 16.1 Å². The van der Waals surface area contributed by atoms with Crippen molar-refractivity contribution in [1.82, 2.24) is 9.88 Å². The maximum atomic E-state index is 13.1. The highest BCUT2D eigenvalue weighted by Gasteiger charge is 2.20. The first kappa shape index (κ1) is 18.8. The molecule has 0 amide bonds. The fourth-order valence-corrected chi connectivity index (χ4v) is 3.94. The normalized spacial score (nSPS) is 15.6. The van der Waals surface area contributed by atoms with Crippen molar-refractivity contribution in [2.45, 2.75) is 25.2 Å². The molecule has 0 atom stereocenters. The summed E-state index contributed by atoms with van der Waals surface area (Å²) in [7, 11) is 0. The Kier molecular flexibility index (Phi) is 5.77. The van der Waals surface area contributed by atoms with E-state index in [1.807, 2.05) is 24.5 Å². The largest absolute Gasteiger partial charge is 0.303 e. The second-order valence-electron chi connectivity index (χ2n) is 7.51. The molecule has 4 rings (SSSR count). The lowest BCUT2D eigenvalue weighted by Gasteiger charge is -2.32. The van der Waals surface area contributed by atoms with Gasteiger partial charge in [-0.3, -0.25) is 4.98 Å².